The summed E-state index contributed by atoms with van der Waals surface area (Å²) in [7, 11) is 2.17. The summed E-state index contributed by atoms with van der Waals surface area (Å²) in [6.07, 6.45) is -4.67. The van der Waals surface area contributed by atoms with Crippen molar-refractivity contribution >= 4 is 5.97 Å². The molecule has 1 rings (SSSR count). The SMILES string of the molecule is COC(=O)c1cc(C(F)(F)F)cc(C#N)c1OC. The fourth-order valence-corrected chi connectivity index (χ4v) is 1.36. The Balaban J connectivity index is 3.57. The van der Waals surface area contributed by atoms with Crippen LogP contribution in [0.2, 0.25) is 0 Å². The summed E-state index contributed by atoms with van der Waals surface area (Å²) in [5.41, 5.74) is -1.93. The maximum atomic E-state index is 12.6. The molecule has 18 heavy (non-hydrogen) atoms. The summed E-state index contributed by atoms with van der Waals surface area (Å²) in [6, 6.07) is 2.75. The normalized spacial score (nSPS) is 10.7. The van der Waals surface area contributed by atoms with Crippen LogP contribution in [0, 0.1) is 11.3 Å². The summed E-state index contributed by atoms with van der Waals surface area (Å²) in [5, 5.41) is 8.77. The molecule has 1 aromatic carbocycles. The highest BCUT2D eigenvalue weighted by atomic mass is 19.4. The zero-order valence-electron chi connectivity index (χ0n) is 9.46. The lowest BCUT2D eigenvalue weighted by Crippen LogP contribution is -2.11. The first kappa shape index (κ1) is 13.8. The van der Waals surface area contributed by atoms with Crippen LogP contribution in [-0.4, -0.2) is 20.2 Å². The molecule has 0 saturated heterocycles. The molecular formula is C11H8F3NO3. The lowest BCUT2D eigenvalue weighted by molar-refractivity contribution is -0.137. The molecule has 0 fully saturated rings. The Hall–Kier alpha value is -2.23. The van der Waals surface area contributed by atoms with E-state index in [0.717, 1.165) is 14.2 Å². The second-order valence-electron chi connectivity index (χ2n) is 3.21. The predicted molar refractivity (Wildman–Crippen MR) is 54.1 cm³/mol. The standard InChI is InChI=1S/C11H8F3NO3/c1-17-9-6(5-15)3-7(11(12,13)14)4-8(9)10(16)18-2/h3-4H,1-2H3. The molecule has 0 aliphatic rings. The van der Waals surface area contributed by atoms with Crippen molar-refractivity contribution in [1.82, 2.24) is 0 Å². The van der Waals surface area contributed by atoms with Crippen LogP contribution in [0.15, 0.2) is 12.1 Å². The number of methoxy groups -OCH3 is 2. The van der Waals surface area contributed by atoms with Crippen LogP contribution in [0.5, 0.6) is 5.75 Å². The molecule has 0 spiro atoms. The monoisotopic (exact) mass is 259 g/mol. The van der Waals surface area contributed by atoms with E-state index in [0.29, 0.717) is 12.1 Å². The van der Waals surface area contributed by atoms with Crippen molar-refractivity contribution in [1.29, 1.82) is 5.26 Å². The third kappa shape index (κ3) is 2.53. The number of carbonyl (C=O) groups excluding carboxylic acids is 1. The van der Waals surface area contributed by atoms with E-state index >= 15 is 0 Å². The molecule has 0 heterocycles. The largest absolute Gasteiger partial charge is 0.494 e. The molecule has 0 atom stereocenters. The van der Waals surface area contributed by atoms with Gasteiger partial charge in [0.15, 0.2) is 5.75 Å². The number of rotatable bonds is 2. The van der Waals surface area contributed by atoms with Crippen molar-refractivity contribution in [2.24, 2.45) is 0 Å². The lowest BCUT2D eigenvalue weighted by atomic mass is 10.0. The fraction of sp³-hybridized carbons (Fsp3) is 0.273. The molecule has 1 aromatic rings. The smallest absolute Gasteiger partial charge is 0.416 e. The van der Waals surface area contributed by atoms with Crippen LogP contribution >= 0.6 is 0 Å². The van der Waals surface area contributed by atoms with E-state index in [-0.39, 0.29) is 11.3 Å². The first-order chi connectivity index (χ1) is 8.35. The number of nitriles is 1. The van der Waals surface area contributed by atoms with Crippen LogP contribution in [0.25, 0.3) is 0 Å². The highest BCUT2D eigenvalue weighted by molar-refractivity contribution is 5.93. The molecule has 0 amide bonds. The molecule has 7 heteroatoms. The molecule has 0 saturated carbocycles. The van der Waals surface area contributed by atoms with Gasteiger partial charge in [0.1, 0.15) is 11.6 Å². The maximum absolute atomic E-state index is 12.6. The summed E-state index contributed by atoms with van der Waals surface area (Å²) in [4.78, 5) is 11.4. The molecule has 0 bridgehead atoms. The second kappa shape index (κ2) is 4.96. The van der Waals surface area contributed by atoms with Crippen LogP contribution in [0.4, 0.5) is 13.2 Å². The third-order valence-electron chi connectivity index (χ3n) is 2.15. The van der Waals surface area contributed by atoms with E-state index in [4.69, 9.17) is 10.00 Å². The van der Waals surface area contributed by atoms with Crippen LogP contribution in [0.1, 0.15) is 21.5 Å². The van der Waals surface area contributed by atoms with Crippen molar-refractivity contribution in [2.45, 2.75) is 6.18 Å². The number of halogens is 3. The Morgan fingerprint density at radius 1 is 1.33 bits per heavy atom. The number of alkyl halides is 3. The van der Waals surface area contributed by atoms with Gasteiger partial charge in [-0.15, -0.1) is 0 Å². The van der Waals surface area contributed by atoms with Crippen LogP contribution in [0.3, 0.4) is 0 Å². The predicted octanol–water partition coefficient (Wildman–Crippen LogP) is 2.37. The molecule has 0 aliphatic heterocycles. The molecule has 0 unspecified atom stereocenters. The van der Waals surface area contributed by atoms with E-state index in [1.165, 1.54) is 0 Å². The minimum Gasteiger partial charge on any atom is -0.494 e. The third-order valence-corrected chi connectivity index (χ3v) is 2.15. The molecule has 0 aliphatic carbocycles. The number of benzene rings is 1. The summed E-state index contributed by atoms with van der Waals surface area (Å²) < 4.78 is 46.9. The van der Waals surface area contributed by atoms with Gasteiger partial charge in [0.25, 0.3) is 0 Å². The van der Waals surface area contributed by atoms with E-state index in [2.05, 4.69) is 4.74 Å². The first-order valence-electron chi connectivity index (χ1n) is 4.62. The highest BCUT2D eigenvalue weighted by Crippen LogP contribution is 2.35. The van der Waals surface area contributed by atoms with E-state index in [1.54, 1.807) is 6.07 Å². The summed E-state index contributed by atoms with van der Waals surface area (Å²) in [6.45, 7) is 0. The van der Waals surface area contributed by atoms with Crippen molar-refractivity contribution < 1.29 is 27.4 Å². The van der Waals surface area contributed by atoms with Crippen molar-refractivity contribution in [3.63, 3.8) is 0 Å². The zero-order chi connectivity index (χ0) is 13.9. The zero-order valence-corrected chi connectivity index (χ0v) is 9.46. The minimum atomic E-state index is -4.67. The van der Waals surface area contributed by atoms with Gasteiger partial charge < -0.3 is 9.47 Å². The summed E-state index contributed by atoms with van der Waals surface area (Å²) >= 11 is 0. The van der Waals surface area contributed by atoms with Gasteiger partial charge in [0.2, 0.25) is 0 Å². The van der Waals surface area contributed by atoms with Crippen molar-refractivity contribution in [3.05, 3.63) is 28.8 Å². The summed E-state index contributed by atoms with van der Waals surface area (Å²) in [5.74, 6) is -1.24. The number of hydrogen-bond acceptors (Lipinski definition) is 4. The van der Waals surface area contributed by atoms with Gasteiger partial charge in [-0.3, -0.25) is 0 Å². The lowest BCUT2D eigenvalue weighted by Gasteiger charge is -2.13. The van der Waals surface area contributed by atoms with Crippen LogP contribution in [-0.2, 0) is 10.9 Å². The Bertz CT molecular complexity index is 517. The van der Waals surface area contributed by atoms with Gasteiger partial charge in [-0.1, -0.05) is 0 Å². The average molecular weight is 259 g/mol. The van der Waals surface area contributed by atoms with Gasteiger partial charge in [0, 0.05) is 0 Å². The van der Waals surface area contributed by atoms with Gasteiger partial charge in [-0.05, 0) is 12.1 Å². The van der Waals surface area contributed by atoms with Gasteiger partial charge >= 0.3 is 12.1 Å². The number of carbonyl (C=O) groups is 1. The minimum absolute atomic E-state index is 0.239. The topological polar surface area (TPSA) is 59.3 Å². The first-order valence-corrected chi connectivity index (χ1v) is 4.62. The van der Waals surface area contributed by atoms with Crippen molar-refractivity contribution in [3.8, 4) is 11.8 Å². The quantitative estimate of drug-likeness (QED) is 0.765. The molecule has 0 radical (unpaired) electrons. The van der Waals surface area contributed by atoms with Gasteiger partial charge in [-0.2, -0.15) is 18.4 Å². The van der Waals surface area contributed by atoms with Crippen LogP contribution < -0.4 is 4.74 Å². The van der Waals surface area contributed by atoms with Crippen molar-refractivity contribution in [2.75, 3.05) is 14.2 Å². The van der Waals surface area contributed by atoms with E-state index in [9.17, 15) is 18.0 Å². The molecule has 4 nitrogen and oxygen atoms in total. The number of ether oxygens (including phenoxy) is 2. The molecule has 96 valence electrons. The maximum Gasteiger partial charge on any atom is 0.416 e. The Labute approximate surface area is 101 Å². The fourth-order valence-electron chi connectivity index (χ4n) is 1.36. The Morgan fingerprint density at radius 2 is 1.94 bits per heavy atom. The molecular weight excluding hydrogens is 251 g/mol. The Morgan fingerprint density at radius 3 is 2.33 bits per heavy atom. The van der Waals surface area contributed by atoms with Gasteiger partial charge in [0.05, 0.1) is 25.3 Å². The number of nitrogens with zero attached hydrogens (tertiary/aromatic N) is 1. The number of esters is 1. The average Bonchev–Trinajstić information content (AvgIpc) is 2.34. The molecule has 0 aromatic heterocycles. The highest BCUT2D eigenvalue weighted by Gasteiger charge is 2.33. The van der Waals surface area contributed by atoms with E-state index < -0.39 is 23.3 Å². The Kier molecular flexibility index (Phi) is 3.81. The van der Waals surface area contributed by atoms with Gasteiger partial charge in [-0.25, -0.2) is 4.79 Å². The second-order valence-corrected chi connectivity index (χ2v) is 3.21. The van der Waals surface area contributed by atoms with E-state index in [1.807, 2.05) is 0 Å². The molecule has 0 N–H and O–H groups in total. The number of hydrogen-bond donors (Lipinski definition) is 0.